The number of nitrogens with zero attached hydrogens (tertiary/aromatic N) is 3. The highest BCUT2D eigenvalue weighted by atomic mass is 16.6. The van der Waals surface area contributed by atoms with E-state index in [1.54, 1.807) is 0 Å². The lowest BCUT2D eigenvalue weighted by Gasteiger charge is -2.22. The van der Waals surface area contributed by atoms with E-state index in [0.717, 1.165) is 12.8 Å². The SMILES string of the molecule is N#Cc1cnc(NCC2(O)CCCC2)c([N+](=O)[O-])c1. The lowest BCUT2D eigenvalue weighted by Crippen LogP contribution is -2.33. The number of rotatable bonds is 4. The van der Waals surface area contributed by atoms with Crippen LogP contribution in [0, 0.1) is 21.4 Å². The van der Waals surface area contributed by atoms with Gasteiger partial charge in [-0.05, 0) is 12.8 Å². The van der Waals surface area contributed by atoms with E-state index in [1.165, 1.54) is 12.3 Å². The number of hydrogen-bond donors (Lipinski definition) is 2. The van der Waals surface area contributed by atoms with Crippen LogP contribution in [0.5, 0.6) is 0 Å². The predicted octanol–water partition coefficient (Wildman–Crippen LogP) is 1.58. The maximum Gasteiger partial charge on any atom is 0.312 e. The Hall–Kier alpha value is -2.20. The minimum absolute atomic E-state index is 0.0873. The first kappa shape index (κ1) is 13.2. The van der Waals surface area contributed by atoms with Crippen LogP contribution in [0.15, 0.2) is 12.3 Å². The molecule has 0 bridgehead atoms. The number of nitriles is 1. The van der Waals surface area contributed by atoms with Gasteiger partial charge in [0.15, 0.2) is 0 Å². The Kier molecular flexibility index (Phi) is 3.62. The summed E-state index contributed by atoms with van der Waals surface area (Å²) in [6.07, 6.45) is 4.56. The largest absolute Gasteiger partial charge is 0.388 e. The van der Waals surface area contributed by atoms with Crippen molar-refractivity contribution in [3.05, 3.63) is 27.9 Å². The van der Waals surface area contributed by atoms with Crippen molar-refractivity contribution in [2.45, 2.75) is 31.3 Å². The van der Waals surface area contributed by atoms with Gasteiger partial charge in [-0.15, -0.1) is 0 Å². The summed E-state index contributed by atoms with van der Waals surface area (Å²) in [6.45, 7) is 0.229. The maximum atomic E-state index is 10.9. The van der Waals surface area contributed by atoms with Crippen LogP contribution in [0.1, 0.15) is 31.2 Å². The zero-order valence-electron chi connectivity index (χ0n) is 10.3. The average Bonchev–Trinajstić information content (AvgIpc) is 2.83. The number of nitro groups is 1. The molecule has 0 unspecified atom stereocenters. The topological polar surface area (TPSA) is 112 Å². The van der Waals surface area contributed by atoms with E-state index in [-0.39, 0.29) is 23.6 Å². The van der Waals surface area contributed by atoms with Crippen molar-refractivity contribution in [1.82, 2.24) is 4.98 Å². The third-order valence-corrected chi connectivity index (χ3v) is 3.31. The van der Waals surface area contributed by atoms with Crippen molar-refractivity contribution in [3.8, 4) is 6.07 Å². The third-order valence-electron chi connectivity index (χ3n) is 3.31. The standard InChI is InChI=1S/C12H14N4O3/c13-6-9-5-10(16(18)19)11(14-7-9)15-8-12(17)3-1-2-4-12/h5,7,17H,1-4,8H2,(H,14,15). The smallest absolute Gasteiger partial charge is 0.312 e. The third kappa shape index (κ3) is 2.98. The molecule has 1 aliphatic rings. The predicted molar refractivity (Wildman–Crippen MR) is 67.5 cm³/mol. The Labute approximate surface area is 110 Å². The van der Waals surface area contributed by atoms with E-state index in [9.17, 15) is 15.2 Å². The molecule has 1 aromatic rings. The highest BCUT2D eigenvalue weighted by Gasteiger charge is 2.31. The van der Waals surface area contributed by atoms with Gasteiger partial charge in [-0.2, -0.15) is 5.26 Å². The van der Waals surface area contributed by atoms with Gasteiger partial charge in [-0.3, -0.25) is 10.1 Å². The molecule has 19 heavy (non-hydrogen) atoms. The fraction of sp³-hybridized carbons (Fsp3) is 0.500. The number of aliphatic hydroxyl groups is 1. The van der Waals surface area contributed by atoms with Crippen molar-refractivity contribution >= 4 is 11.5 Å². The summed E-state index contributed by atoms with van der Waals surface area (Å²) in [7, 11) is 0. The molecule has 0 atom stereocenters. The number of aromatic nitrogens is 1. The van der Waals surface area contributed by atoms with Gasteiger partial charge < -0.3 is 10.4 Å². The zero-order chi connectivity index (χ0) is 13.9. The molecule has 1 aromatic heterocycles. The first-order valence-corrected chi connectivity index (χ1v) is 6.05. The molecule has 2 N–H and O–H groups in total. The van der Waals surface area contributed by atoms with Crippen LogP contribution in [-0.2, 0) is 0 Å². The van der Waals surface area contributed by atoms with Gasteiger partial charge >= 0.3 is 5.69 Å². The molecular weight excluding hydrogens is 248 g/mol. The lowest BCUT2D eigenvalue weighted by atomic mass is 10.0. The van der Waals surface area contributed by atoms with Crippen LogP contribution >= 0.6 is 0 Å². The molecule has 2 rings (SSSR count). The van der Waals surface area contributed by atoms with Crippen LogP contribution in [-0.4, -0.2) is 27.2 Å². The molecular formula is C12H14N4O3. The summed E-state index contributed by atoms with van der Waals surface area (Å²) in [5.74, 6) is 0.0873. The molecule has 0 radical (unpaired) electrons. The second kappa shape index (κ2) is 5.20. The van der Waals surface area contributed by atoms with Gasteiger partial charge in [0.05, 0.1) is 16.1 Å². The molecule has 7 nitrogen and oxygen atoms in total. The fourth-order valence-corrected chi connectivity index (χ4v) is 2.25. The van der Waals surface area contributed by atoms with Gasteiger partial charge in [0.1, 0.15) is 6.07 Å². The highest BCUT2D eigenvalue weighted by Crippen LogP contribution is 2.30. The normalized spacial score (nSPS) is 16.8. The molecule has 1 saturated carbocycles. The van der Waals surface area contributed by atoms with E-state index < -0.39 is 10.5 Å². The van der Waals surface area contributed by atoms with E-state index in [2.05, 4.69) is 10.3 Å². The first-order chi connectivity index (χ1) is 9.04. The van der Waals surface area contributed by atoms with Crippen LogP contribution in [0.4, 0.5) is 11.5 Å². The summed E-state index contributed by atoms with van der Waals surface area (Å²) in [5.41, 5.74) is -0.929. The summed E-state index contributed by atoms with van der Waals surface area (Å²) in [6, 6.07) is 2.98. The van der Waals surface area contributed by atoms with Crippen molar-refractivity contribution < 1.29 is 10.0 Å². The van der Waals surface area contributed by atoms with Crippen molar-refractivity contribution in [2.24, 2.45) is 0 Å². The van der Waals surface area contributed by atoms with Crippen molar-refractivity contribution in [3.63, 3.8) is 0 Å². The van der Waals surface area contributed by atoms with Gasteiger partial charge in [-0.25, -0.2) is 4.98 Å². The van der Waals surface area contributed by atoms with E-state index in [4.69, 9.17) is 5.26 Å². The summed E-state index contributed by atoms with van der Waals surface area (Å²) < 4.78 is 0. The van der Waals surface area contributed by atoms with E-state index >= 15 is 0 Å². The number of nitrogens with one attached hydrogen (secondary N) is 1. The summed E-state index contributed by atoms with van der Waals surface area (Å²) >= 11 is 0. The number of pyridine rings is 1. The minimum atomic E-state index is -0.816. The molecule has 0 amide bonds. The maximum absolute atomic E-state index is 10.9. The zero-order valence-corrected chi connectivity index (χ0v) is 10.3. The Bertz CT molecular complexity index is 532. The molecule has 1 aliphatic carbocycles. The Morgan fingerprint density at radius 3 is 2.84 bits per heavy atom. The first-order valence-electron chi connectivity index (χ1n) is 6.05. The van der Waals surface area contributed by atoms with Crippen molar-refractivity contribution in [2.75, 3.05) is 11.9 Å². The number of hydrogen-bond acceptors (Lipinski definition) is 6. The average molecular weight is 262 g/mol. The molecule has 0 saturated heterocycles. The fourth-order valence-electron chi connectivity index (χ4n) is 2.25. The second-order valence-electron chi connectivity index (χ2n) is 4.75. The second-order valence-corrected chi connectivity index (χ2v) is 4.75. The number of anilines is 1. The molecule has 0 aliphatic heterocycles. The van der Waals surface area contributed by atoms with E-state index in [1.807, 2.05) is 6.07 Å². The Balaban J connectivity index is 2.16. The quantitative estimate of drug-likeness (QED) is 0.629. The Morgan fingerprint density at radius 1 is 1.58 bits per heavy atom. The highest BCUT2D eigenvalue weighted by molar-refractivity contribution is 5.58. The van der Waals surface area contributed by atoms with Gasteiger partial charge in [-0.1, -0.05) is 12.8 Å². The van der Waals surface area contributed by atoms with E-state index in [0.29, 0.717) is 12.8 Å². The van der Waals surface area contributed by atoms with Crippen LogP contribution in [0.3, 0.4) is 0 Å². The van der Waals surface area contributed by atoms with Crippen LogP contribution in [0.2, 0.25) is 0 Å². The molecule has 1 fully saturated rings. The Morgan fingerprint density at radius 2 is 2.26 bits per heavy atom. The van der Waals surface area contributed by atoms with Gasteiger partial charge in [0.25, 0.3) is 0 Å². The van der Waals surface area contributed by atoms with Gasteiger partial charge in [0, 0.05) is 18.8 Å². The summed E-state index contributed by atoms with van der Waals surface area (Å²) in [5, 5.41) is 32.6. The lowest BCUT2D eigenvalue weighted by molar-refractivity contribution is -0.384. The molecule has 0 aromatic carbocycles. The van der Waals surface area contributed by atoms with Crippen LogP contribution in [0.25, 0.3) is 0 Å². The monoisotopic (exact) mass is 262 g/mol. The minimum Gasteiger partial charge on any atom is -0.388 e. The van der Waals surface area contributed by atoms with Crippen LogP contribution < -0.4 is 5.32 Å². The van der Waals surface area contributed by atoms with Crippen molar-refractivity contribution in [1.29, 1.82) is 5.26 Å². The molecule has 0 spiro atoms. The van der Waals surface area contributed by atoms with Gasteiger partial charge in [0.2, 0.25) is 5.82 Å². The summed E-state index contributed by atoms with van der Waals surface area (Å²) in [4.78, 5) is 14.2. The molecule has 100 valence electrons. The molecule has 1 heterocycles. The molecule has 7 heteroatoms.